The lowest BCUT2D eigenvalue weighted by atomic mass is 9.92. The molecule has 1 aliphatic rings. The highest BCUT2D eigenvalue weighted by molar-refractivity contribution is 7.89. The molecular weight excluding hydrogens is 298 g/mol. The summed E-state index contributed by atoms with van der Waals surface area (Å²) in [5, 5.41) is 15.7. The number of sulfonamides is 1. The Labute approximate surface area is 123 Å². The fourth-order valence-corrected chi connectivity index (χ4v) is 4.02. The van der Waals surface area contributed by atoms with Crippen LogP contribution < -0.4 is 0 Å². The van der Waals surface area contributed by atoms with Crippen molar-refractivity contribution in [2.45, 2.75) is 37.3 Å². The maximum absolute atomic E-state index is 12.4. The predicted molar refractivity (Wildman–Crippen MR) is 73.2 cm³/mol. The number of β-amino-alcohol motifs (C(OH)–C–C–N with tert-alkyl or cyclic N) is 1. The SMILES string of the molecule is CCCC1(O)CN(S(=O)(=O)c2[nH]ncc2C(=O)OCC)C1. The van der Waals surface area contributed by atoms with Crippen LogP contribution in [0.4, 0.5) is 0 Å². The second kappa shape index (κ2) is 5.74. The Morgan fingerprint density at radius 2 is 2.19 bits per heavy atom. The van der Waals surface area contributed by atoms with Gasteiger partial charge >= 0.3 is 5.97 Å². The summed E-state index contributed by atoms with van der Waals surface area (Å²) in [7, 11) is -3.89. The molecule has 1 aromatic rings. The first-order chi connectivity index (χ1) is 9.84. The summed E-state index contributed by atoms with van der Waals surface area (Å²) in [5.41, 5.74) is -1.10. The summed E-state index contributed by atoms with van der Waals surface area (Å²) in [5.74, 6) is -0.742. The minimum absolute atomic E-state index is 0.0183. The maximum Gasteiger partial charge on any atom is 0.342 e. The maximum atomic E-state index is 12.4. The molecule has 0 saturated carbocycles. The summed E-state index contributed by atoms with van der Waals surface area (Å²) >= 11 is 0. The average molecular weight is 317 g/mol. The number of nitrogens with zero attached hydrogens (tertiary/aromatic N) is 2. The first kappa shape index (κ1) is 15.9. The van der Waals surface area contributed by atoms with Crippen LogP contribution in [0.1, 0.15) is 37.0 Å². The fourth-order valence-electron chi connectivity index (χ4n) is 2.36. The van der Waals surface area contributed by atoms with Crippen LogP contribution in [0.2, 0.25) is 0 Å². The lowest BCUT2D eigenvalue weighted by molar-refractivity contribution is -0.0654. The Kier molecular flexibility index (Phi) is 4.35. The third-order valence-corrected chi connectivity index (χ3v) is 5.12. The summed E-state index contributed by atoms with van der Waals surface area (Å²) in [4.78, 5) is 11.7. The number of carbonyl (C=O) groups is 1. The molecule has 0 spiro atoms. The first-order valence-corrected chi connectivity index (χ1v) is 8.21. The number of hydrogen-bond acceptors (Lipinski definition) is 6. The highest BCUT2D eigenvalue weighted by Crippen LogP contribution is 2.31. The molecule has 0 aromatic carbocycles. The van der Waals surface area contributed by atoms with Gasteiger partial charge in [-0.05, 0) is 13.3 Å². The van der Waals surface area contributed by atoms with Crippen molar-refractivity contribution in [1.29, 1.82) is 0 Å². The van der Waals surface area contributed by atoms with Gasteiger partial charge in [0.15, 0.2) is 5.03 Å². The molecule has 1 aliphatic heterocycles. The van der Waals surface area contributed by atoms with Crippen LogP contribution in [-0.2, 0) is 14.8 Å². The molecule has 9 heteroatoms. The van der Waals surface area contributed by atoms with Crippen LogP contribution in [0.5, 0.6) is 0 Å². The molecule has 0 atom stereocenters. The quantitative estimate of drug-likeness (QED) is 0.721. The Morgan fingerprint density at radius 1 is 1.52 bits per heavy atom. The van der Waals surface area contributed by atoms with E-state index in [1.807, 2.05) is 6.92 Å². The summed E-state index contributed by atoms with van der Waals surface area (Å²) in [6.07, 6.45) is 2.43. The molecule has 118 valence electrons. The van der Waals surface area contributed by atoms with Gasteiger partial charge in [-0.2, -0.15) is 9.40 Å². The Hall–Kier alpha value is -1.45. The van der Waals surface area contributed by atoms with E-state index in [-0.39, 0.29) is 30.3 Å². The van der Waals surface area contributed by atoms with Gasteiger partial charge in [0, 0.05) is 13.1 Å². The monoisotopic (exact) mass is 317 g/mol. The molecule has 0 radical (unpaired) electrons. The molecule has 0 bridgehead atoms. The number of carbonyl (C=O) groups excluding carboxylic acids is 1. The van der Waals surface area contributed by atoms with Crippen molar-refractivity contribution in [3.8, 4) is 0 Å². The number of aromatic amines is 1. The van der Waals surface area contributed by atoms with Crippen molar-refractivity contribution in [3.05, 3.63) is 11.8 Å². The number of nitrogens with one attached hydrogen (secondary N) is 1. The Bertz CT molecular complexity index is 619. The van der Waals surface area contributed by atoms with Gasteiger partial charge in [-0.3, -0.25) is 5.10 Å². The van der Waals surface area contributed by atoms with E-state index in [9.17, 15) is 18.3 Å². The van der Waals surface area contributed by atoms with Gasteiger partial charge in [-0.1, -0.05) is 13.3 Å². The van der Waals surface area contributed by atoms with Crippen molar-refractivity contribution in [2.75, 3.05) is 19.7 Å². The molecule has 1 saturated heterocycles. The van der Waals surface area contributed by atoms with Gasteiger partial charge in [0.2, 0.25) is 0 Å². The number of rotatable bonds is 6. The minimum Gasteiger partial charge on any atom is -0.462 e. The second-order valence-corrected chi connectivity index (χ2v) is 6.96. The highest BCUT2D eigenvalue weighted by atomic mass is 32.2. The van der Waals surface area contributed by atoms with E-state index in [0.717, 1.165) is 16.9 Å². The van der Waals surface area contributed by atoms with Crippen LogP contribution in [0, 0.1) is 0 Å². The lowest BCUT2D eigenvalue weighted by Crippen LogP contribution is -2.63. The van der Waals surface area contributed by atoms with Crippen molar-refractivity contribution in [3.63, 3.8) is 0 Å². The first-order valence-electron chi connectivity index (χ1n) is 6.77. The van der Waals surface area contributed by atoms with E-state index in [4.69, 9.17) is 4.74 Å². The molecule has 0 unspecified atom stereocenters. The third kappa shape index (κ3) is 2.94. The molecule has 2 heterocycles. The Morgan fingerprint density at radius 3 is 2.76 bits per heavy atom. The largest absolute Gasteiger partial charge is 0.462 e. The highest BCUT2D eigenvalue weighted by Gasteiger charge is 2.48. The zero-order valence-electron chi connectivity index (χ0n) is 12.0. The van der Waals surface area contributed by atoms with Gasteiger partial charge < -0.3 is 9.84 Å². The second-order valence-electron chi connectivity index (χ2n) is 5.08. The van der Waals surface area contributed by atoms with Crippen molar-refractivity contribution >= 4 is 16.0 Å². The van der Waals surface area contributed by atoms with E-state index in [1.165, 1.54) is 0 Å². The van der Waals surface area contributed by atoms with Crippen molar-refractivity contribution in [2.24, 2.45) is 0 Å². The zero-order chi connectivity index (χ0) is 15.7. The molecule has 0 aliphatic carbocycles. The van der Waals surface area contributed by atoms with Crippen molar-refractivity contribution < 1.29 is 23.1 Å². The van der Waals surface area contributed by atoms with E-state index < -0.39 is 21.6 Å². The normalized spacial score (nSPS) is 18.2. The van der Waals surface area contributed by atoms with E-state index in [2.05, 4.69) is 10.2 Å². The van der Waals surface area contributed by atoms with Crippen LogP contribution in [0.3, 0.4) is 0 Å². The molecule has 1 aromatic heterocycles. The molecule has 2 N–H and O–H groups in total. The molecule has 2 rings (SSSR count). The molecule has 1 fully saturated rings. The number of aromatic nitrogens is 2. The number of H-pyrrole nitrogens is 1. The standard InChI is InChI=1S/C12H19N3O5S/c1-3-5-12(17)7-15(8-12)21(18,19)10-9(6-13-14-10)11(16)20-4-2/h6,17H,3-5,7-8H2,1-2H3,(H,13,14). The molecule has 21 heavy (non-hydrogen) atoms. The average Bonchev–Trinajstić information content (AvgIpc) is 2.86. The molecule has 8 nitrogen and oxygen atoms in total. The minimum atomic E-state index is -3.89. The van der Waals surface area contributed by atoms with Crippen LogP contribution in [-0.4, -0.2) is 59.3 Å². The van der Waals surface area contributed by atoms with Crippen LogP contribution >= 0.6 is 0 Å². The van der Waals surface area contributed by atoms with Crippen LogP contribution in [0.15, 0.2) is 11.2 Å². The van der Waals surface area contributed by atoms with E-state index in [1.54, 1.807) is 6.92 Å². The smallest absolute Gasteiger partial charge is 0.342 e. The molecular formula is C12H19N3O5S. The van der Waals surface area contributed by atoms with E-state index >= 15 is 0 Å². The van der Waals surface area contributed by atoms with Crippen LogP contribution in [0.25, 0.3) is 0 Å². The number of esters is 1. The topological polar surface area (TPSA) is 113 Å². The number of aliphatic hydroxyl groups is 1. The number of hydrogen-bond donors (Lipinski definition) is 2. The molecule has 0 amide bonds. The summed E-state index contributed by atoms with van der Waals surface area (Å²) < 4.78 is 30.8. The van der Waals surface area contributed by atoms with Crippen molar-refractivity contribution in [1.82, 2.24) is 14.5 Å². The fraction of sp³-hybridized carbons (Fsp3) is 0.667. The van der Waals surface area contributed by atoms with Gasteiger partial charge in [0.05, 0.1) is 18.4 Å². The lowest BCUT2D eigenvalue weighted by Gasteiger charge is -2.45. The number of ether oxygens (including phenoxy) is 1. The predicted octanol–water partition coefficient (Wildman–Crippen LogP) is 0.122. The van der Waals surface area contributed by atoms with Gasteiger partial charge in [0.1, 0.15) is 5.56 Å². The Balaban J connectivity index is 2.19. The third-order valence-electron chi connectivity index (χ3n) is 3.35. The summed E-state index contributed by atoms with van der Waals surface area (Å²) in [6.45, 7) is 3.73. The van der Waals surface area contributed by atoms with Gasteiger partial charge in [-0.25, -0.2) is 13.2 Å². The van der Waals surface area contributed by atoms with Gasteiger partial charge in [-0.15, -0.1) is 0 Å². The van der Waals surface area contributed by atoms with E-state index in [0.29, 0.717) is 6.42 Å². The van der Waals surface area contributed by atoms with Gasteiger partial charge in [0.25, 0.3) is 10.0 Å². The summed E-state index contributed by atoms with van der Waals surface area (Å²) in [6, 6.07) is 0. The zero-order valence-corrected chi connectivity index (χ0v) is 12.8.